The average Bonchev–Trinajstić information content (AvgIpc) is 2.51. The lowest BCUT2D eigenvalue weighted by Crippen LogP contribution is -2.12. The Morgan fingerprint density at radius 3 is 2.52 bits per heavy atom. The van der Waals surface area contributed by atoms with E-state index in [2.05, 4.69) is 0 Å². The van der Waals surface area contributed by atoms with Crippen molar-refractivity contribution in [3.05, 3.63) is 63.6 Å². The maximum atomic E-state index is 12.6. The third-order valence-electron chi connectivity index (χ3n) is 3.04. The van der Waals surface area contributed by atoms with Gasteiger partial charge in [0.05, 0.1) is 28.8 Å². The van der Waals surface area contributed by atoms with E-state index in [0.717, 1.165) is 0 Å². The molecule has 0 saturated heterocycles. The molecule has 0 aromatic heterocycles. The second-order valence-electron chi connectivity index (χ2n) is 4.30. The molecule has 0 heterocycles. The predicted octanol–water partition coefficient (Wildman–Crippen LogP) is 4.49. The largest absolute Gasteiger partial charge is 0.496 e. The second kappa shape index (κ2) is 6.62. The molecule has 2 rings (SSSR count). The molecule has 0 bridgehead atoms. The summed E-state index contributed by atoms with van der Waals surface area (Å²) >= 11 is 11.8. The van der Waals surface area contributed by atoms with E-state index in [1.807, 2.05) is 6.07 Å². The number of hydrogen-bond acceptors (Lipinski definition) is 3. The molecule has 0 aliphatic rings. The number of halogens is 2. The first kappa shape index (κ1) is 15.4. The van der Waals surface area contributed by atoms with E-state index in [1.54, 1.807) is 36.4 Å². The zero-order chi connectivity index (χ0) is 15.4. The Bertz CT molecular complexity index is 722. The van der Waals surface area contributed by atoms with Crippen LogP contribution in [0.3, 0.4) is 0 Å². The van der Waals surface area contributed by atoms with Crippen LogP contribution in [0.15, 0.2) is 42.5 Å². The molecule has 0 aliphatic carbocycles. The predicted molar refractivity (Wildman–Crippen MR) is 82.1 cm³/mol. The fraction of sp³-hybridized carbons (Fsp3) is 0.125. The molecule has 1 unspecified atom stereocenters. The molecule has 0 spiro atoms. The molecule has 0 N–H and O–H groups in total. The summed E-state index contributed by atoms with van der Waals surface area (Å²) < 4.78 is 5.16. The van der Waals surface area contributed by atoms with E-state index in [-0.39, 0.29) is 5.78 Å². The van der Waals surface area contributed by atoms with Gasteiger partial charge in [0.2, 0.25) is 0 Å². The minimum Gasteiger partial charge on any atom is -0.496 e. The highest BCUT2D eigenvalue weighted by Crippen LogP contribution is 2.30. The Kier molecular flexibility index (Phi) is 4.85. The van der Waals surface area contributed by atoms with Gasteiger partial charge in [0.25, 0.3) is 0 Å². The normalized spacial score (nSPS) is 11.5. The summed E-state index contributed by atoms with van der Waals surface area (Å²) in [5.74, 6) is -0.868. The Morgan fingerprint density at radius 2 is 1.90 bits per heavy atom. The van der Waals surface area contributed by atoms with Crippen molar-refractivity contribution in [3.8, 4) is 11.8 Å². The van der Waals surface area contributed by atoms with E-state index >= 15 is 0 Å². The lowest BCUT2D eigenvalue weighted by atomic mass is 9.91. The van der Waals surface area contributed by atoms with Gasteiger partial charge in [-0.05, 0) is 29.8 Å². The Balaban J connectivity index is 2.44. The summed E-state index contributed by atoms with van der Waals surface area (Å²) in [6.07, 6.45) is 0. The highest BCUT2D eigenvalue weighted by Gasteiger charge is 2.24. The number of hydrogen-bond donors (Lipinski definition) is 0. The maximum Gasteiger partial charge on any atom is 0.188 e. The Labute approximate surface area is 132 Å². The van der Waals surface area contributed by atoms with Crippen LogP contribution < -0.4 is 4.74 Å². The number of para-hydroxylation sites is 1. The molecule has 1 atom stereocenters. The first-order chi connectivity index (χ1) is 10.1. The number of nitrogens with zero attached hydrogens (tertiary/aromatic N) is 1. The van der Waals surface area contributed by atoms with Crippen LogP contribution in [0, 0.1) is 11.3 Å². The van der Waals surface area contributed by atoms with Crippen LogP contribution in [0.5, 0.6) is 5.75 Å². The van der Waals surface area contributed by atoms with Crippen molar-refractivity contribution in [3.63, 3.8) is 0 Å². The number of carbonyl (C=O) groups excluding carboxylic acids is 1. The van der Waals surface area contributed by atoms with Crippen LogP contribution in [0.2, 0.25) is 10.0 Å². The van der Waals surface area contributed by atoms with Crippen LogP contribution >= 0.6 is 23.2 Å². The summed E-state index contributed by atoms with van der Waals surface area (Å²) in [6, 6.07) is 13.5. The minimum atomic E-state index is -0.962. The molecule has 21 heavy (non-hydrogen) atoms. The molecular formula is C16H11Cl2NO2. The smallest absolute Gasteiger partial charge is 0.188 e. The topological polar surface area (TPSA) is 50.1 Å². The number of benzene rings is 2. The van der Waals surface area contributed by atoms with E-state index in [4.69, 9.17) is 27.9 Å². The van der Waals surface area contributed by atoms with Crippen LogP contribution in [-0.2, 0) is 0 Å². The third-order valence-corrected chi connectivity index (χ3v) is 3.78. The van der Waals surface area contributed by atoms with E-state index in [1.165, 1.54) is 13.2 Å². The quantitative estimate of drug-likeness (QED) is 0.780. The average molecular weight is 320 g/mol. The van der Waals surface area contributed by atoms with Crippen LogP contribution in [0.4, 0.5) is 0 Å². The molecule has 5 heteroatoms. The third kappa shape index (κ3) is 3.18. The first-order valence-corrected chi connectivity index (χ1v) is 6.86. The van der Waals surface area contributed by atoms with Crippen LogP contribution in [0.25, 0.3) is 0 Å². The van der Waals surface area contributed by atoms with Gasteiger partial charge in [-0.25, -0.2) is 0 Å². The molecular weight excluding hydrogens is 309 g/mol. The van der Waals surface area contributed by atoms with Gasteiger partial charge in [-0.1, -0.05) is 41.4 Å². The number of carbonyl (C=O) groups is 1. The lowest BCUT2D eigenvalue weighted by molar-refractivity contribution is 0.0976. The molecule has 2 aromatic rings. The van der Waals surface area contributed by atoms with Gasteiger partial charge in [0.1, 0.15) is 11.7 Å². The maximum absolute atomic E-state index is 12.6. The van der Waals surface area contributed by atoms with E-state index < -0.39 is 5.92 Å². The summed E-state index contributed by atoms with van der Waals surface area (Å²) in [4.78, 5) is 12.6. The van der Waals surface area contributed by atoms with Crippen LogP contribution in [0.1, 0.15) is 21.8 Å². The SMILES string of the molecule is COc1ccccc1C(=O)C(C#N)c1ccc(Cl)c(Cl)c1. The molecule has 0 aliphatic heterocycles. The summed E-state index contributed by atoms with van der Waals surface area (Å²) in [6.45, 7) is 0. The zero-order valence-corrected chi connectivity index (χ0v) is 12.7. The molecule has 0 saturated carbocycles. The number of rotatable bonds is 4. The van der Waals surface area contributed by atoms with Gasteiger partial charge >= 0.3 is 0 Å². The number of ether oxygens (including phenoxy) is 1. The van der Waals surface area contributed by atoms with Gasteiger partial charge in [-0.15, -0.1) is 0 Å². The molecule has 0 fully saturated rings. The van der Waals surface area contributed by atoms with Crippen molar-refractivity contribution in [1.82, 2.24) is 0 Å². The van der Waals surface area contributed by atoms with E-state index in [0.29, 0.717) is 26.9 Å². The molecule has 0 amide bonds. The number of ketones is 1. The number of Topliss-reactive ketones (excluding diaryl/α,β-unsaturated/α-hetero) is 1. The van der Waals surface area contributed by atoms with Crippen molar-refractivity contribution in [2.45, 2.75) is 5.92 Å². The van der Waals surface area contributed by atoms with Crippen molar-refractivity contribution >= 4 is 29.0 Å². The van der Waals surface area contributed by atoms with E-state index in [9.17, 15) is 10.1 Å². The summed E-state index contributed by atoms with van der Waals surface area (Å²) in [7, 11) is 1.48. The fourth-order valence-corrected chi connectivity index (χ4v) is 2.29. The molecule has 0 radical (unpaired) electrons. The van der Waals surface area contributed by atoms with Crippen molar-refractivity contribution in [2.24, 2.45) is 0 Å². The van der Waals surface area contributed by atoms with Gasteiger partial charge in [0, 0.05) is 0 Å². The zero-order valence-electron chi connectivity index (χ0n) is 11.1. The molecule has 106 valence electrons. The highest BCUT2D eigenvalue weighted by molar-refractivity contribution is 6.42. The molecule has 3 nitrogen and oxygen atoms in total. The van der Waals surface area contributed by atoms with Crippen molar-refractivity contribution in [2.75, 3.05) is 7.11 Å². The summed E-state index contributed by atoms with van der Waals surface area (Å²) in [5.41, 5.74) is 0.862. The Morgan fingerprint density at radius 1 is 1.19 bits per heavy atom. The van der Waals surface area contributed by atoms with Gasteiger partial charge in [-0.3, -0.25) is 4.79 Å². The van der Waals surface area contributed by atoms with Gasteiger partial charge in [0.15, 0.2) is 5.78 Å². The monoisotopic (exact) mass is 319 g/mol. The highest BCUT2D eigenvalue weighted by atomic mass is 35.5. The number of nitriles is 1. The van der Waals surface area contributed by atoms with Crippen molar-refractivity contribution < 1.29 is 9.53 Å². The lowest BCUT2D eigenvalue weighted by Gasteiger charge is -2.12. The van der Waals surface area contributed by atoms with Gasteiger partial charge < -0.3 is 4.74 Å². The Hall–Kier alpha value is -2.02. The standard InChI is InChI=1S/C16H11Cl2NO2/c1-21-15-5-3-2-4-11(15)16(20)12(9-19)10-6-7-13(17)14(18)8-10/h2-8,12H,1H3. The number of methoxy groups -OCH3 is 1. The van der Waals surface area contributed by atoms with Crippen LogP contribution in [-0.4, -0.2) is 12.9 Å². The minimum absolute atomic E-state index is 0.308. The fourth-order valence-electron chi connectivity index (χ4n) is 1.98. The first-order valence-electron chi connectivity index (χ1n) is 6.10. The van der Waals surface area contributed by atoms with Gasteiger partial charge in [-0.2, -0.15) is 5.26 Å². The molecule has 2 aromatic carbocycles. The van der Waals surface area contributed by atoms with Crippen molar-refractivity contribution in [1.29, 1.82) is 5.26 Å². The second-order valence-corrected chi connectivity index (χ2v) is 5.11. The summed E-state index contributed by atoms with van der Waals surface area (Å²) in [5, 5.41) is 10.0.